The lowest BCUT2D eigenvalue weighted by Crippen LogP contribution is -2.14. The Morgan fingerprint density at radius 2 is 2.12 bits per heavy atom. The van der Waals surface area contributed by atoms with Crippen LogP contribution < -0.4 is 5.32 Å². The summed E-state index contributed by atoms with van der Waals surface area (Å²) in [6.07, 6.45) is 0.816. The highest BCUT2D eigenvalue weighted by Gasteiger charge is 2.09. The Labute approximate surface area is 101 Å². The van der Waals surface area contributed by atoms with Crippen LogP contribution in [0.15, 0.2) is 18.2 Å². The molecule has 1 N–H and O–H groups in total. The van der Waals surface area contributed by atoms with Gasteiger partial charge >= 0.3 is 0 Å². The van der Waals surface area contributed by atoms with Gasteiger partial charge in [-0.2, -0.15) is 4.68 Å². The Hall–Kier alpha value is -1.75. The normalized spacial score (nSPS) is 10.8. The van der Waals surface area contributed by atoms with Gasteiger partial charge in [-0.1, -0.05) is 12.1 Å². The molecule has 0 fully saturated rings. The molecule has 5 nitrogen and oxygen atoms in total. The van der Waals surface area contributed by atoms with Gasteiger partial charge in [0.2, 0.25) is 0 Å². The van der Waals surface area contributed by atoms with Crippen LogP contribution in [-0.4, -0.2) is 33.8 Å². The fourth-order valence-electron chi connectivity index (χ4n) is 1.73. The Balaban J connectivity index is 2.38. The van der Waals surface area contributed by atoms with Gasteiger partial charge in [0.25, 0.3) is 0 Å². The number of hydrogen-bond donors (Lipinski definition) is 1. The second-order valence-electron chi connectivity index (χ2n) is 4.15. The maximum Gasteiger partial charge on any atom is 0.157 e. The van der Waals surface area contributed by atoms with Crippen molar-refractivity contribution in [3.8, 4) is 5.69 Å². The summed E-state index contributed by atoms with van der Waals surface area (Å²) in [6, 6.07) is 6.29. The Kier molecular flexibility index (Phi) is 3.49. The molecule has 0 bridgehead atoms. The molecule has 0 aliphatic rings. The van der Waals surface area contributed by atoms with E-state index in [2.05, 4.69) is 52.9 Å². The second kappa shape index (κ2) is 5.05. The lowest BCUT2D eigenvalue weighted by atomic mass is 10.1. The van der Waals surface area contributed by atoms with Crippen LogP contribution in [0.5, 0.6) is 0 Å². The van der Waals surface area contributed by atoms with Crippen LogP contribution in [0.25, 0.3) is 5.69 Å². The van der Waals surface area contributed by atoms with Crippen LogP contribution in [-0.2, 0) is 6.42 Å². The first kappa shape index (κ1) is 11.7. The standard InChI is InChI=1S/C12H17N5/c1-9-4-5-10(2)11(8-9)17-12(6-7-13-3)14-15-16-17/h4-5,8,13H,6-7H2,1-3H3. The molecular formula is C12H17N5. The number of rotatable bonds is 4. The molecule has 0 unspecified atom stereocenters. The molecule has 0 spiro atoms. The molecule has 0 aliphatic heterocycles. The number of nitrogens with zero attached hydrogens (tertiary/aromatic N) is 4. The molecule has 17 heavy (non-hydrogen) atoms. The Bertz CT molecular complexity index is 503. The van der Waals surface area contributed by atoms with E-state index in [-0.39, 0.29) is 0 Å². The average Bonchev–Trinajstić information content (AvgIpc) is 2.77. The van der Waals surface area contributed by atoms with Crippen LogP contribution in [0.3, 0.4) is 0 Å². The van der Waals surface area contributed by atoms with E-state index in [1.165, 1.54) is 11.1 Å². The Morgan fingerprint density at radius 3 is 2.88 bits per heavy atom. The molecule has 0 atom stereocenters. The van der Waals surface area contributed by atoms with Gasteiger partial charge in [-0.15, -0.1) is 5.10 Å². The highest BCUT2D eigenvalue weighted by atomic mass is 15.5. The third-order valence-corrected chi connectivity index (χ3v) is 2.73. The lowest BCUT2D eigenvalue weighted by Gasteiger charge is -2.08. The second-order valence-corrected chi connectivity index (χ2v) is 4.15. The van der Waals surface area contributed by atoms with Gasteiger partial charge in [0.05, 0.1) is 5.69 Å². The first-order chi connectivity index (χ1) is 8.22. The smallest absolute Gasteiger partial charge is 0.157 e. The van der Waals surface area contributed by atoms with Crippen molar-refractivity contribution in [2.75, 3.05) is 13.6 Å². The summed E-state index contributed by atoms with van der Waals surface area (Å²) in [5, 5.41) is 15.0. The zero-order valence-corrected chi connectivity index (χ0v) is 10.4. The summed E-state index contributed by atoms with van der Waals surface area (Å²) in [7, 11) is 1.92. The largest absolute Gasteiger partial charge is 0.319 e. The van der Waals surface area contributed by atoms with Crippen molar-refractivity contribution in [1.29, 1.82) is 0 Å². The van der Waals surface area contributed by atoms with E-state index in [1.807, 2.05) is 11.7 Å². The van der Waals surface area contributed by atoms with Crippen LogP contribution in [0, 0.1) is 13.8 Å². The summed E-state index contributed by atoms with van der Waals surface area (Å²) in [5.74, 6) is 0.882. The van der Waals surface area contributed by atoms with E-state index in [0.717, 1.165) is 24.5 Å². The van der Waals surface area contributed by atoms with Gasteiger partial charge in [0.15, 0.2) is 5.82 Å². The first-order valence-electron chi connectivity index (χ1n) is 5.72. The number of tetrazole rings is 1. The molecule has 0 amide bonds. The zero-order valence-electron chi connectivity index (χ0n) is 10.4. The first-order valence-corrected chi connectivity index (χ1v) is 5.72. The molecule has 0 saturated heterocycles. The van der Waals surface area contributed by atoms with Gasteiger partial charge in [0.1, 0.15) is 0 Å². The van der Waals surface area contributed by atoms with Gasteiger partial charge in [-0.3, -0.25) is 0 Å². The number of benzene rings is 1. The van der Waals surface area contributed by atoms with Crippen LogP contribution in [0.4, 0.5) is 0 Å². The van der Waals surface area contributed by atoms with Crippen molar-refractivity contribution in [3.05, 3.63) is 35.2 Å². The molecule has 2 rings (SSSR count). The van der Waals surface area contributed by atoms with E-state index in [4.69, 9.17) is 0 Å². The minimum atomic E-state index is 0.816. The molecule has 0 saturated carbocycles. The van der Waals surface area contributed by atoms with Crippen LogP contribution >= 0.6 is 0 Å². The molecular weight excluding hydrogens is 214 g/mol. The number of aryl methyl sites for hydroxylation is 2. The van der Waals surface area contributed by atoms with E-state index in [0.29, 0.717) is 0 Å². The predicted molar refractivity (Wildman–Crippen MR) is 66.3 cm³/mol. The van der Waals surface area contributed by atoms with E-state index in [1.54, 1.807) is 0 Å². The average molecular weight is 231 g/mol. The topological polar surface area (TPSA) is 55.6 Å². The molecule has 5 heteroatoms. The summed E-state index contributed by atoms with van der Waals surface area (Å²) in [5.41, 5.74) is 3.44. The fraction of sp³-hybridized carbons (Fsp3) is 0.417. The monoisotopic (exact) mass is 231 g/mol. The molecule has 90 valence electrons. The highest BCUT2D eigenvalue weighted by molar-refractivity contribution is 5.42. The van der Waals surface area contributed by atoms with Crippen molar-refractivity contribution in [3.63, 3.8) is 0 Å². The van der Waals surface area contributed by atoms with Gasteiger partial charge < -0.3 is 5.32 Å². The zero-order chi connectivity index (χ0) is 12.3. The third-order valence-electron chi connectivity index (χ3n) is 2.73. The molecule has 1 aromatic carbocycles. The van der Waals surface area contributed by atoms with Crippen molar-refractivity contribution in [2.24, 2.45) is 0 Å². The Morgan fingerprint density at radius 1 is 1.29 bits per heavy atom. The van der Waals surface area contributed by atoms with Gasteiger partial charge in [0, 0.05) is 13.0 Å². The minimum absolute atomic E-state index is 0.816. The molecule has 2 aromatic rings. The lowest BCUT2D eigenvalue weighted by molar-refractivity contribution is 0.714. The summed E-state index contributed by atoms with van der Waals surface area (Å²) in [4.78, 5) is 0. The summed E-state index contributed by atoms with van der Waals surface area (Å²) >= 11 is 0. The third kappa shape index (κ3) is 2.50. The molecule has 0 aliphatic carbocycles. The van der Waals surface area contributed by atoms with Crippen molar-refractivity contribution in [2.45, 2.75) is 20.3 Å². The maximum atomic E-state index is 4.07. The quantitative estimate of drug-likeness (QED) is 0.854. The number of hydrogen-bond acceptors (Lipinski definition) is 4. The summed E-state index contributed by atoms with van der Waals surface area (Å²) in [6.45, 7) is 5.00. The van der Waals surface area contributed by atoms with Crippen molar-refractivity contribution >= 4 is 0 Å². The van der Waals surface area contributed by atoms with Crippen molar-refractivity contribution in [1.82, 2.24) is 25.5 Å². The van der Waals surface area contributed by atoms with E-state index < -0.39 is 0 Å². The molecule has 1 aromatic heterocycles. The van der Waals surface area contributed by atoms with Crippen LogP contribution in [0.1, 0.15) is 17.0 Å². The van der Waals surface area contributed by atoms with Crippen LogP contribution in [0.2, 0.25) is 0 Å². The highest BCUT2D eigenvalue weighted by Crippen LogP contribution is 2.15. The van der Waals surface area contributed by atoms with Crippen molar-refractivity contribution < 1.29 is 0 Å². The van der Waals surface area contributed by atoms with E-state index in [9.17, 15) is 0 Å². The van der Waals surface area contributed by atoms with Gasteiger partial charge in [-0.25, -0.2) is 0 Å². The fourth-order valence-corrected chi connectivity index (χ4v) is 1.73. The summed E-state index contributed by atoms with van der Waals surface area (Å²) < 4.78 is 1.82. The molecule has 1 heterocycles. The minimum Gasteiger partial charge on any atom is -0.319 e. The molecule has 0 radical (unpaired) electrons. The number of likely N-dealkylation sites (N-methyl/N-ethyl adjacent to an activating group) is 1. The SMILES string of the molecule is CNCCc1nnnn1-c1cc(C)ccc1C. The number of aromatic nitrogens is 4. The van der Waals surface area contributed by atoms with Gasteiger partial charge in [-0.05, 0) is 48.5 Å². The maximum absolute atomic E-state index is 4.07. The number of nitrogens with one attached hydrogen (secondary N) is 1. The van der Waals surface area contributed by atoms with E-state index >= 15 is 0 Å². The predicted octanol–water partition coefficient (Wildman–Crippen LogP) is 1.04.